The average molecular weight is 151 g/mol. The maximum atomic E-state index is 5.16. The van der Waals surface area contributed by atoms with E-state index in [4.69, 9.17) is 4.74 Å². The Kier molecular flexibility index (Phi) is 2.27. The van der Waals surface area contributed by atoms with Gasteiger partial charge in [-0.25, -0.2) is 0 Å². The van der Waals surface area contributed by atoms with E-state index < -0.39 is 0 Å². The Morgan fingerprint density at radius 1 is 1.29 bits per heavy atom. The molecule has 1 rings (SSSR count). The fraction of sp³-hybridized carbons (Fsp3) is 1.00. The molecule has 0 aromatic carbocycles. The second-order valence-electron chi connectivity index (χ2n) is 2.06. The second kappa shape index (κ2) is 2.79. The molecule has 0 spiro atoms. The summed E-state index contributed by atoms with van der Waals surface area (Å²) < 4.78 is 6.20. The van der Waals surface area contributed by atoms with E-state index in [9.17, 15) is 0 Å². The van der Waals surface area contributed by atoms with Gasteiger partial charge in [0.05, 0.1) is 0 Å². The van der Waals surface area contributed by atoms with Gasteiger partial charge in [0.25, 0.3) is 0 Å². The first-order chi connectivity index (χ1) is 3.39. The summed E-state index contributed by atoms with van der Waals surface area (Å²) in [5.41, 5.74) is 0. The van der Waals surface area contributed by atoms with Crippen LogP contribution in [0.1, 0.15) is 12.8 Å². The monoisotopic (exact) mass is 149 g/mol. The van der Waals surface area contributed by atoms with Crippen LogP contribution in [-0.2, 0) is 23.0 Å². The first kappa shape index (κ1) is 5.72. The Hall–Kier alpha value is 0.583. The fourth-order valence-corrected chi connectivity index (χ4v) is 1.45. The Bertz CT molecular complexity index is 50.0. The van der Waals surface area contributed by atoms with E-state index in [-0.39, 0.29) is 0 Å². The molecule has 1 nitrogen and oxygen atoms in total. The van der Waals surface area contributed by atoms with Crippen molar-refractivity contribution in [3.63, 3.8) is 0 Å². The second-order valence-corrected chi connectivity index (χ2v) is 4.48. The van der Waals surface area contributed by atoms with Gasteiger partial charge in [-0.1, -0.05) is 0 Å². The summed E-state index contributed by atoms with van der Waals surface area (Å²) in [5, 5.41) is 0. The molecule has 0 amide bonds. The van der Waals surface area contributed by atoms with Gasteiger partial charge in [-0.05, 0) is 0 Å². The predicted molar refractivity (Wildman–Crippen MR) is 23.8 cm³/mol. The molecule has 0 aliphatic carbocycles. The fourth-order valence-electron chi connectivity index (χ4n) is 0.746. The van der Waals surface area contributed by atoms with Crippen molar-refractivity contribution in [1.82, 2.24) is 0 Å². The molecule has 1 fully saturated rings. The number of rotatable bonds is 0. The van der Waals surface area contributed by atoms with Crippen molar-refractivity contribution >= 4 is 0 Å². The zero-order valence-electron chi connectivity index (χ0n) is 4.52. The Morgan fingerprint density at radius 2 is 1.86 bits per heavy atom. The predicted octanol–water partition coefficient (Wildman–Crippen LogP) is 1.13. The first-order valence-electron chi connectivity index (χ1n) is 2.80. The van der Waals surface area contributed by atoms with Gasteiger partial charge < -0.3 is 0 Å². The molecule has 0 atom stereocenters. The van der Waals surface area contributed by atoms with Crippen LogP contribution in [0, 0.1) is 0 Å². The van der Waals surface area contributed by atoms with Crippen molar-refractivity contribution in [2.24, 2.45) is 0 Å². The molecule has 1 aliphatic rings. The molecule has 0 N–H and O–H groups in total. The summed E-state index contributed by atoms with van der Waals surface area (Å²) >= 11 is 1.46. The van der Waals surface area contributed by atoms with E-state index in [0.717, 1.165) is 17.7 Å². The Morgan fingerprint density at radius 3 is 2.14 bits per heavy atom. The van der Waals surface area contributed by atoms with Gasteiger partial charge in [0, 0.05) is 0 Å². The van der Waals surface area contributed by atoms with Gasteiger partial charge in [-0.15, -0.1) is 0 Å². The molecule has 0 bridgehead atoms. The van der Waals surface area contributed by atoms with E-state index in [2.05, 4.69) is 0 Å². The SMILES string of the molecule is [Zn+][CH]1CCOCC1. The van der Waals surface area contributed by atoms with Crippen LogP contribution in [0.15, 0.2) is 0 Å². The minimum atomic E-state index is 1.02. The summed E-state index contributed by atoms with van der Waals surface area (Å²) in [6, 6.07) is 0. The standard InChI is InChI=1S/C5H9O.Zn/c1-2-4-6-5-3-1;/h1H,2-5H2;/q;+1. The molecule has 0 aromatic rings. The van der Waals surface area contributed by atoms with Gasteiger partial charge in [-0.3, -0.25) is 0 Å². The molecule has 1 aliphatic heterocycles. The number of hydrogen-bond donors (Lipinski definition) is 0. The quantitative estimate of drug-likeness (QED) is 0.471. The van der Waals surface area contributed by atoms with Crippen LogP contribution < -0.4 is 0 Å². The molecule has 1 saturated heterocycles. The zero-order valence-corrected chi connectivity index (χ0v) is 7.49. The van der Waals surface area contributed by atoms with Crippen LogP contribution in [0.25, 0.3) is 0 Å². The van der Waals surface area contributed by atoms with Crippen molar-refractivity contribution < 1.29 is 23.0 Å². The molecular formula is C5H9OZn+. The average Bonchev–Trinajstić information content (AvgIpc) is 1.69. The molecule has 36 valence electrons. The van der Waals surface area contributed by atoms with Crippen molar-refractivity contribution in [1.29, 1.82) is 0 Å². The molecular weight excluding hydrogens is 141 g/mol. The molecule has 7 heavy (non-hydrogen) atoms. The van der Waals surface area contributed by atoms with Gasteiger partial charge in [0.2, 0.25) is 0 Å². The van der Waals surface area contributed by atoms with E-state index >= 15 is 0 Å². The van der Waals surface area contributed by atoms with Gasteiger partial charge in [0.1, 0.15) is 0 Å². The third-order valence-electron chi connectivity index (χ3n) is 1.34. The van der Waals surface area contributed by atoms with Crippen molar-refractivity contribution in [3.05, 3.63) is 0 Å². The van der Waals surface area contributed by atoms with E-state index in [1.54, 1.807) is 0 Å². The molecule has 1 heterocycles. The first-order valence-corrected chi connectivity index (χ1v) is 4.52. The summed E-state index contributed by atoms with van der Waals surface area (Å²) in [6.07, 6.45) is 2.64. The molecule has 0 radical (unpaired) electrons. The third-order valence-corrected chi connectivity index (χ3v) is 3.05. The van der Waals surface area contributed by atoms with Crippen LogP contribution in [0.2, 0.25) is 4.51 Å². The van der Waals surface area contributed by atoms with Gasteiger partial charge in [-0.2, -0.15) is 0 Å². The topological polar surface area (TPSA) is 9.23 Å². The van der Waals surface area contributed by atoms with Crippen LogP contribution in [-0.4, -0.2) is 13.2 Å². The third kappa shape index (κ3) is 1.88. The minimum absolute atomic E-state index is 1.02. The summed E-state index contributed by atoms with van der Waals surface area (Å²) in [6.45, 7) is 2.04. The van der Waals surface area contributed by atoms with Crippen molar-refractivity contribution in [3.8, 4) is 0 Å². The Balaban J connectivity index is 2.12. The van der Waals surface area contributed by atoms with Crippen LogP contribution in [0.5, 0.6) is 0 Å². The summed E-state index contributed by atoms with van der Waals surface area (Å²) in [5.74, 6) is 0. The van der Waals surface area contributed by atoms with Crippen LogP contribution in [0.3, 0.4) is 0 Å². The molecule has 0 saturated carbocycles. The summed E-state index contributed by atoms with van der Waals surface area (Å²) in [7, 11) is 0. The molecule has 0 unspecified atom stereocenters. The molecule has 2 heteroatoms. The van der Waals surface area contributed by atoms with Gasteiger partial charge >= 0.3 is 53.6 Å². The van der Waals surface area contributed by atoms with Gasteiger partial charge in [0.15, 0.2) is 0 Å². The zero-order chi connectivity index (χ0) is 5.11. The van der Waals surface area contributed by atoms with Crippen molar-refractivity contribution in [2.45, 2.75) is 17.4 Å². The number of ether oxygens (including phenoxy) is 1. The summed E-state index contributed by atoms with van der Waals surface area (Å²) in [4.78, 5) is 0. The van der Waals surface area contributed by atoms with E-state index in [0.29, 0.717) is 0 Å². The van der Waals surface area contributed by atoms with Crippen LogP contribution >= 0.6 is 0 Å². The molecule has 0 aromatic heterocycles. The van der Waals surface area contributed by atoms with E-state index in [1.165, 1.54) is 31.1 Å². The van der Waals surface area contributed by atoms with Crippen LogP contribution in [0.4, 0.5) is 0 Å². The van der Waals surface area contributed by atoms with E-state index in [1.807, 2.05) is 0 Å². The number of hydrogen-bond acceptors (Lipinski definition) is 1. The van der Waals surface area contributed by atoms with Crippen molar-refractivity contribution in [2.75, 3.05) is 13.2 Å². The Labute approximate surface area is 54.1 Å². The maximum absolute atomic E-state index is 5.16. The normalized spacial score (nSPS) is 25.4.